The molecule has 0 N–H and O–H groups in total. The molecule has 1 nitrogen and oxygen atoms in total. The van der Waals surface area contributed by atoms with Crippen LogP contribution in [0.15, 0.2) is 0 Å². The molecular formula is C12H18OS. The van der Waals surface area contributed by atoms with Crippen LogP contribution >= 0.6 is 11.8 Å². The topological polar surface area (TPSA) is 17.1 Å². The van der Waals surface area contributed by atoms with Crippen molar-refractivity contribution in [1.29, 1.82) is 0 Å². The Balaban J connectivity index is 1.86. The van der Waals surface area contributed by atoms with E-state index in [4.69, 9.17) is 0 Å². The third-order valence-corrected chi connectivity index (χ3v) is 5.85. The fourth-order valence-corrected chi connectivity index (χ4v) is 5.38. The maximum Gasteiger partial charge on any atom is 0.140 e. The molecule has 0 amide bonds. The van der Waals surface area contributed by atoms with Crippen molar-refractivity contribution in [3.8, 4) is 0 Å². The zero-order valence-electron chi connectivity index (χ0n) is 8.74. The van der Waals surface area contributed by atoms with Crippen LogP contribution in [0.5, 0.6) is 0 Å². The Morgan fingerprint density at radius 2 is 2.14 bits per heavy atom. The first-order valence-electron chi connectivity index (χ1n) is 5.95. The van der Waals surface area contributed by atoms with Crippen LogP contribution in [-0.2, 0) is 4.79 Å². The lowest BCUT2D eigenvalue weighted by Gasteiger charge is -2.52. The summed E-state index contributed by atoms with van der Waals surface area (Å²) in [6.45, 7) is 2.22. The van der Waals surface area contributed by atoms with Crippen LogP contribution in [0.1, 0.15) is 32.6 Å². The van der Waals surface area contributed by atoms with Gasteiger partial charge in [0.2, 0.25) is 0 Å². The average molecular weight is 210 g/mol. The van der Waals surface area contributed by atoms with Gasteiger partial charge < -0.3 is 0 Å². The van der Waals surface area contributed by atoms with Crippen LogP contribution < -0.4 is 0 Å². The van der Waals surface area contributed by atoms with E-state index < -0.39 is 0 Å². The van der Waals surface area contributed by atoms with Crippen molar-refractivity contribution in [3.05, 3.63) is 0 Å². The van der Waals surface area contributed by atoms with E-state index >= 15 is 0 Å². The highest BCUT2D eigenvalue weighted by molar-refractivity contribution is 7.99. The molecule has 4 unspecified atom stereocenters. The van der Waals surface area contributed by atoms with Crippen LogP contribution in [0.25, 0.3) is 0 Å². The number of hydrogen-bond donors (Lipinski definition) is 0. The first-order valence-corrected chi connectivity index (χ1v) is 6.99. The van der Waals surface area contributed by atoms with Crippen molar-refractivity contribution in [2.45, 2.75) is 37.9 Å². The van der Waals surface area contributed by atoms with Crippen molar-refractivity contribution in [1.82, 2.24) is 0 Å². The van der Waals surface area contributed by atoms with E-state index in [0.29, 0.717) is 22.9 Å². The zero-order chi connectivity index (χ0) is 9.71. The molecule has 0 spiro atoms. The summed E-state index contributed by atoms with van der Waals surface area (Å²) in [5.41, 5.74) is 0. The van der Waals surface area contributed by atoms with Crippen LogP contribution in [-0.4, -0.2) is 16.8 Å². The number of hydrogen-bond acceptors (Lipinski definition) is 2. The molecule has 78 valence electrons. The quantitative estimate of drug-likeness (QED) is 0.697. The van der Waals surface area contributed by atoms with E-state index in [9.17, 15) is 4.79 Å². The fraction of sp³-hybridized carbons (Fsp3) is 0.917. The molecule has 4 fully saturated rings. The average Bonchev–Trinajstić information content (AvgIpc) is 2.18. The lowest BCUT2D eigenvalue weighted by molar-refractivity contribution is -0.139. The number of Topliss-reactive ketones (excluding diaryl/α,β-unsaturated/α-hetero) is 1. The van der Waals surface area contributed by atoms with Gasteiger partial charge in [0.1, 0.15) is 5.78 Å². The smallest absolute Gasteiger partial charge is 0.140 e. The number of rotatable bonds is 2. The minimum Gasteiger partial charge on any atom is -0.299 e. The van der Waals surface area contributed by atoms with Crippen molar-refractivity contribution >= 4 is 17.5 Å². The molecule has 0 aromatic carbocycles. The summed E-state index contributed by atoms with van der Waals surface area (Å²) in [6, 6.07) is 0. The molecule has 0 heterocycles. The van der Waals surface area contributed by atoms with Crippen LogP contribution in [0.3, 0.4) is 0 Å². The Hall–Kier alpha value is 0.0200. The maximum absolute atomic E-state index is 12.0. The Kier molecular flexibility index (Phi) is 2.16. The normalized spacial score (nSPS) is 50.1. The summed E-state index contributed by atoms with van der Waals surface area (Å²) in [4.78, 5) is 12.0. The molecule has 0 radical (unpaired) electrons. The molecule has 4 rings (SSSR count). The minimum atomic E-state index is 0.455. The highest BCUT2D eigenvalue weighted by atomic mass is 32.2. The fourth-order valence-electron chi connectivity index (χ4n) is 4.02. The molecule has 0 aromatic rings. The summed E-state index contributed by atoms with van der Waals surface area (Å²) >= 11 is 2.05. The second kappa shape index (κ2) is 3.26. The largest absolute Gasteiger partial charge is 0.299 e. The predicted molar refractivity (Wildman–Crippen MR) is 59.4 cm³/mol. The first-order chi connectivity index (χ1) is 6.79. The van der Waals surface area contributed by atoms with Crippen molar-refractivity contribution in [2.24, 2.45) is 23.7 Å². The van der Waals surface area contributed by atoms with Gasteiger partial charge in [-0.1, -0.05) is 6.92 Å². The van der Waals surface area contributed by atoms with Gasteiger partial charge in [0.15, 0.2) is 0 Å². The first kappa shape index (κ1) is 9.26. The molecule has 4 saturated carbocycles. The van der Waals surface area contributed by atoms with Gasteiger partial charge in [-0.25, -0.2) is 0 Å². The van der Waals surface area contributed by atoms with Crippen LogP contribution in [0.2, 0.25) is 0 Å². The van der Waals surface area contributed by atoms with Gasteiger partial charge in [0.05, 0.1) is 0 Å². The van der Waals surface area contributed by atoms with Crippen molar-refractivity contribution in [3.63, 3.8) is 0 Å². The lowest BCUT2D eigenvalue weighted by Crippen LogP contribution is -2.52. The maximum atomic E-state index is 12.0. The van der Waals surface area contributed by atoms with E-state index in [2.05, 4.69) is 6.92 Å². The van der Waals surface area contributed by atoms with Gasteiger partial charge in [-0.2, -0.15) is 11.8 Å². The molecule has 14 heavy (non-hydrogen) atoms. The number of ketones is 1. The van der Waals surface area contributed by atoms with Crippen LogP contribution in [0, 0.1) is 23.7 Å². The lowest BCUT2D eigenvalue weighted by atomic mass is 9.55. The molecular weight excluding hydrogens is 192 g/mol. The summed E-state index contributed by atoms with van der Waals surface area (Å²) in [6.07, 6.45) is 5.11. The predicted octanol–water partition coefficient (Wildman–Crippen LogP) is 2.74. The number of carbonyl (C=O) groups is 1. The number of thioether (sulfide) groups is 1. The standard InChI is InChI=1S/C12H18OS/c1-2-14-12-9-4-7-3-8(6-9)11(13)10(12)5-7/h7-10,12H,2-6H2,1H3/t7?,8?,9?,10?,12-/m1/s1. The molecule has 0 aromatic heterocycles. The van der Waals surface area contributed by atoms with Gasteiger partial charge in [-0.3, -0.25) is 4.79 Å². The van der Waals surface area contributed by atoms with E-state index in [0.717, 1.165) is 11.8 Å². The summed E-state index contributed by atoms with van der Waals surface area (Å²) in [7, 11) is 0. The second-order valence-electron chi connectivity index (χ2n) is 5.19. The van der Waals surface area contributed by atoms with E-state index in [1.807, 2.05) is 11.8 Å². The molecule has 5 atom stereocenters. The highest BCUT2D eigenvalue weighted by Crippen LogP contribution is 2.55. The monoisotopic (exact) mass is 210 g/mol. The van der Waals surface area contributed by atoms with Gasteiger partial charge in [-0.05, 0) is 43.3 Å². The van der Waals surface area contributed by atoms with E-state index in [1.165, 1.54) is 31.4 Å². The van der Waals surface area contributed by atoms with Gasteiger partial charge in [0, 0.05) is 17.1 Å². The third kappa shape index (κ3) is 1.19. The van der Waals surface area contributed by atoms with Gasteiger partial charge >= 0.3 is 0 Å². The molecule has 0 aliphatic heterocycles. The molecule has 0 saturated heterocycles. The van der Waals surface area contributed by atoms with E-state index in [1.54, 1.807) is 0 Å². The van der Waals surface area contributed by atoms with Crippen molar-refractivity contribution < 1.29 is 4.79 Å². The Bertz CT molecular complexity index is 263. The third-order valence-electron chi connectivity index (χ3n) is 4.42. The van der Waals surface area contributed by atoms with Crippen LogP contribution in [0.4, 0.5) is 0 Å². The highest BCUT2D eigenvalue weighted by Gasteiger charge is 2.52. The molecule has 2 heteroatoms. The zero-order valence-corrected chi connectivity index (χ0v) is 9.56. The summed E-state index contributed by atoms with van der Waals surface area (Å²) < 4.78 is 0. The Morgan fingerprint density at radius 3 is 2.93 bits per heavy atom. The summed E-state index contributed by atoms with van der Waals surface area (Å²) in [5, 5.41) is 0.695. The number of carbonyl (C=O) groups excluding carboxylic acids is 1. The minimum absolute atomic E-state index is 0.455. The molecule has 4 bridgehead atoms. The summed E-state index contributed by atoms with van der Waals surface area (Å²) in [5.74, 6) is 4.54. The Morgan fingerprint density at radius 1 is 1.29 bits per heavy atom. The second-order valence-corrected chi connectivity index (χ2v) is 6.65. The van der Waals surface area contributed by atoms with E-state index in [-0.39, 0.29) is 0 Å². The molecule has 4 aliphatic rings. The molecule has 4 aliphatic carbocycles. The van der Waals surface area contributed by atoms with Gasteiger partial charge in [-0.15, -0.1) is 0 Å². The SMILES string of the molecule is CCS[C@@H]1C2CC3CC(C2)C(=O)C1C3. The van der Waals surface area contributed by atoms with Crippen molar-refractivity contribution in [2.75, 3.05) is 5.75 Å². The van der Waals surface area contributed by atoms with Gasteiger partial charge in [0.25, 0.3) is 0 Å². The Labute approximate surface area is 90.0 Å².